The Kier molecular flexibility index (Phi) is 6.40. The van der Waals surface area contributed by atoms with Crippen LogP contribution in [-0.4, -0.2) is 46.6 Å². The molecule has 1 heterocycles. The molecule has 26 heavy (non-hydrogen) atoms. The molecular weight excluding hydrogens is 344 g/mol. The fourth-order valence-electron chi connectivity index (χ4n) is 2.52. The number of amides is 2. The first-order chi connectivity index (χ1) is 12.4. The van der Waals surface area contributed by atoms with Crippen molar-refractivity contribution in [3.63, 3.8) is 0 Å². The number of likely N-dealkylation sites (N-methyl/N-ethyl adjacent to an activating group) is 2. The number of rotatable bonds is 7. The number of hydrogen-bond donors (Lipinski definition) is 2. The summed E-state index contributed by atoms with van der Waals surface area (Å²) < 4.78 is 28.8. The largest absolute Gasteiger partial charge is 0.332 e. The zero-order chi connectivity index (χ0) is 19.3. The van der Waals surface area contributed by atoms with Crippen molar-refractivity contribution in [3.05, 3.63) is 47.8 Å². The van der Waals surface area contributed by atoms with Gasteiger partial charge in [0, 0.05) is 25.4 Å². The molecule has 0 radical (unpaired) electrons. The van der Waals surface area contributed by atoms with E-state index in [9.17, 15) is 18.4 Å². The van der Waals surface area contributed by atoms with Crippen molar-refractivity contribution < 1.29 is 18.4 Å². The van der Waals surface area contributed by atoms with Gasteiger partial charge in [0.15, 0.2) is 0 Å². The van der Waals surface area contributed by atoms with Gasteiger partial charge in [-0.3, -0.25) is 14.3 Å². The SMILES string of the molecule is CCN(CC(=O)Nc1c(F)cccc1F)C(=O)C(NC)c1cnn(C)c1. The first-order valence-electron chi connectivity index (χ1n) is 8.05. The number of benzene rings is 1. The van der Waals surface area contributed by atoms with Crippen LogP contribution in [0.3, 0.4) is 0 Å². The van der Waals surface area contributed by atoms with Crippen molar-refractivity contribution >= 4 is 17.5 Å². The normalized spacial score (nSPS) is 11.9. The number of halogens is 2. The maximum absolute atomic E-state index is 13.6. The maximum Gasteiger partial charge on any atom is 0.244 e. The highest BCUT2D eigenvalue weighted by Crippen LogP contribution is 2.18. The van der Waals surface area contributed by atoms with Gasteiger partial charge in [-0.2, -0.15) is 5.10 Å². The molecule has 1 aromatic carbocycles. The van der Waals surface area contributed by atoms with Gasteiger partial charge < -0.3 is 15.5 Å². The molecule has 2 N–H and O–H groups in total. The molecule has 0 fully saturated rings. The third kappa shape index (κ3) is 4.42. The minimum atomic E-state index is -0.879. The standard InChI is InChI=1S/C17H21F2N5O2/c1-4-24(17(26)15(20-2)11-8-21-23(3)9-11)10-14(25)22-16-12(18)6-5-7-13(16)19/h5-9,15,20H,4,10H2,1-3H3,(H,22,25). The molecule has 1 atom stereocenters. The smallest absolute Gasteiger partial charge is 0.244 e. The van der Waals surface area contributed by atoms with E-state index < -0.39 is 29.3 Å². The second-order valence-electron chi connectivity index (χ2n) is 5.67. The van der Waals surface area contributed by atoms with Crippen LogP contribution in [0, 0.1) is 11.6 Å². The van der Waals surface area contributed by atoms with Crippen molar-refractivity contribution in [3.8, 4) is 0 Å². The lowest BCUT2D eigenvalue weighted by Gasteiger charge is -2.25. The third-order valence-electron chi connectivity index (χ3n) is 3.85. The molecule has 2 amide bonds. The summed E-state index contributed by atoms with van der Waals surface area (Å²) in [6, 6.07) is 2.61. The lowest BCUT2D eigenvalue weighted by molar-refractivity contribution is -0.136. The van der Waals surface area contributed by atoms with Crippen molar-refractivity contribution in [2.75, 3.05) is 25.5 Å². The van der Waals surface area contributed by atoms with E-state index >= 15 is 0 Å². The number of hydrogen-bond acceptors (Lipinski definition) is 4. The summed E-state index contributed by atoms with van der Waals surface area (Å²) in [5.41, 5.74) is 0.123. The number of aryl methyl sites for hydroxylation is 1. The van der Waals surface area contributed by atoms with Crippen molar-refractivity contribution in [2.24, 2.45) is 7.05 Å². The predicted octanol–water partition coefficient (Wildman–Crippen LogP) is 1.45. The Balaban J connectivity index is 2.10. The molecular formula is C17H21F2N5O2. The van der Waals surface area contributed by atoms with Gasteiger partial charge in [-0.1, -0.05) is 6.07 Å². The highest BCUT2D eigenvalue weighted by atomic mass is 19.1. The number of aromatic nitrogens is 2. The third-order valence-corrected chi connectivity index (χ3v) is 3.85. The fourth-order valence-corrected chi connectivity index (χ4v) is 2.52. The Hall–Kier alpha value is -2.81. The Morgan fingerprint density at radius 1 is 1.31 bits per heavy atom. The summed E-state index contributed by atoms with van der Waals surface area (Å²) in [6.07, 6.45) is 3.25. The van der Waals surface area contributed by atoms with Crippen molar-refractivity contribution in [2.45, 2.75) is 13.0 Å². The molecule has 140 valence electrons. The van der Waals surface area contributed by atoms with E-state index in [4.69, 9.17) is 0 Å². The zero-order valence-electron chi connectivity index (χ0n) is 14.8. The summed E-state index contributed by atoms with van der Waals surface area (Å²) in [5.74, 6) is -2.79. The molecule has 2 aromatic rings. The van der Waals surface area contributed by atoms with Crippen LogP contribution in [0.4, 0.5) is 14.5 Å². The van der Waals surface area contributed by atoms with Crippen LogP contribution in [0.1, 0.15) is 18.5 Å². The lowest BCUT2D eigenvalue weighted by Crippen LogP contribution is -2.43. The second kappa shape index (κ2) is 8.52. The number of carbonyl (C=O) groups is 2. The Labute approximate surface area is 150 Å². The summed E-state index contributed by atoms with van der Waals surface area (Å²) in [6.45, 7) is 1.64. The molecule has 0 aliphatic carbocycles. The van der Waals surface area contributed by atoms with E-state index in [0.29, 0.717) is 5.56 Å². The van der Waals surface area contributed by atoms with Gasteiger partial charge in [0.05, 0.1) is 12.7 Å². The average molecular weight is 365 g/mol. The number of carbonyl (C=O) groups excluding carboxylic acids is 2. The minimum Gasteiger partial charge on any atom is -0.332 e. The predicted molar refractivity (Wildman–Crippen MR) is 92.3 cm³/mol. The van der Waals surface area contributed by atoms with Crippen molar-refractivity contribution in [1.29, 1.82) is 0 Å². The van der Waals surface area contributed by atoms with Crippen LogP contribution in [0.15, 0.2) is 30.6 Å². The molecule has 9 heteroatoms. The van der Waals surface area contributed by atoms with E-state index in [2.05, 4.69) is 15.7 Å². The number of nitrogens with zero attached hydrogens (tertiary/aromatic N) is 3. The van der Waals surface area contributed by atoms with E-state index in [1.54, 1.807) is 38.1 Å². The van der Waals surface area contributed by atoms with E-state index in [1.165, 1.54) is 11.0 Å². The van der Waals surface area contributed by atoms with Gasteiger partial charge in [0.2, 0.25) is 11.8 Å². The zero-order valence-corrected chi connectivity index (χ0v) is 14.8. The van der Waals surface area contributed by atoms with Gasteiger partial charge in [-0.05, 0) is 26.1 Å². The Morgan fingerprint density at radius 3 is 2.46 bits per heavy atom. The molecule has 0 aliphatic rings. The highest BCUT2D eigenvalue weighted by Gasteiger charge is 2.26. The molecule has 0 saturated carbocycles. The molecule has 0 saturated heterocycles. The average Bonchev–Trinajstić information content (AvgIpc) is 3.02. The van der Waals surface area contributed by atoms with Crippen LogP contribution >= 0.6 is 0 Å². The molecule has 0 spiro atoms. The molecule has 2 rings (SSSR count). The maximum atomic E-state index is 13.6. The van der Waals surface area contributed by atoms with Crippen LogP contribution < -0.4 is 10.6 Å². The molecule has 0 aliphatic heterocycles. The van der Waals surface area contributed by atoms with Crippen LogP contribution in [0.2, 0.25) is 0 Å². The van der Waals surface area contributed by atoms with Crippen LogP contribution in [0.5, 0.6) is 0 Å². The van der Waals surface area contributed by atoms with Gasteiger partial charge in [0.25, 0.3) is 0 Å². The number of nitrogens with one attached hydrogen (secondary N) is 2. The Bertz CT molecular complexity index is 773. The minimum absolute atomic E-state index is 0.254. The summed E-state index contributed by atoms with van der Waals surface area (Å²) in [5, 5.41) is 9.10. The summed E-state index contributed by atoms with van der Waals surface area (Å²) in [7, 11) is 3.35. The van der Waals surface area contributed by atoms with Crippen LogP contribution in [0.25, 0.3) is 0 Å². The monoisotopic (exact) mass is 365 g/mol. The molecule has 7 nitrogen and oxygen atoms in total. The van der Waals surface area contributed by atoms with E-state index in [1.807, 2.05) is 0 Å². The van der Waals surface area contributed by atoms with Crippen LogP contribution in [-0.2, 0) is 16.6 Å². The topological polar surface area (TPSA) is 79.3 Å². The van der Waals surface area contributed by atoms with E-state index in [0.717, 1.165) is 12.1 Å². The summed E-state index contributed by atoms with van der Waals surface area (Å²) >= 11 is 0. The molecule has 0 bridgehead atoms. The molecule has 1 unspecified atom stereocenters. The molecule has 1 aromatic heterocycles. The first-order valence-corrected chi connectivity index (χ1v) is 8.05. The highest BCUT2D eigenvalue weighted by molar-refractivity contribution is 5.95. The Morgan fingerprint density at radius 2 is 1.96 bits per heavy atom. The lowest BCUT2D eigenvalue weighted by atomic mass is 10.1. The summed E-state index contributed by atoms with van der Waals surface area (Å²) in [4.78, 5) is 26.2. The van der Waals surface area contributed by atoms with Gasteiger partial charge >= 0.3 is 0 Å². The van der Waals surface area contributed by atoms with E-state index in [-0.39, 0.29) is 19.0 Å². The van der Waals surface area contributed by atoms with Crippen molar-refractivity contribution in [1.82, 2.24) is 20.0 Å². The quantitative estimate of drug-likeness (QED) is 0.778. The second-order valence-corrected chi connectivity index (χ2v) is 5.67. The van der Waals surface area contributed by atoms with Gasteiger partial charge in [-0.15, -0.1) is 0 Å². The first kappa shape index (κ1) is 19.5. The van der Waals surface area contributed by atoms with Gasteiger partial charge in [-0.25, -0.2) is 8.78 Å². The van der Waals surface area contributed by atoms with Gasteiger partial charge in [0.1, 0.15) is 23.4 Å². The fraction of sp³-hybridized carbons (Fsp3) is 0.353. The number of para-hydroxylation sites is 1. The number of anilines is 1.